The zero-order valence-corrected chi connectivity index (χ0v) is 14.0. The van der Waals surface area contributed by atoms with Gasteiger partial charge in [-0.15, -0.1) is 0 Å². The van der Waals surface area contributed by atoms with Gasteiger partial charge in [-0.3, -0.25) is 4.79 Å². The number of carbonyl (C=O) groups is 1. The molecule has 6 nitrogen and oxygen atoms in total. The first-order chi connectivity index (χ1) is 12.4. The standard InChI is InChI=1S/C17H13F2N3O3S/c18-17(19)26(24,25)15-8-4-13(5-9-15)21-16(23)12-2-6-14(7-3-12)22-11-1-10-20-22/h1-11,17H,(H,21,23). The van der Waals surface area contributed by atoms with E-state index < -0.39 is 26.4 Å². The van der Waals surface area contributed by atoms with Crippen molar-refractivity contribution >= 4 is 21.4 Å². The average Bonchev–Trinajstić information content (AvgIpc) is 3.17. The molecule has 1 amide bonds. The second kappa shape index (κ2) is 7.04. The van der Waals surface area contributed by atoms with Crippen molar-refractivity contribution in [1.82, 2.24) is 9.78 Å². The van der Waals surface area contributed by atoms with Crippen LogP contribution in [-0.2, 0) is 9.84 Å². The molecule has 0 radical (unpaired) electrons. The van der Waals surface area contributed by atoms with Crippen molar-refractivity contribution in [3.05, 3.63) is 72.6 Å². The topological polar surface area (TPSA) is 81.1 Å². The smallest absolute Gasteiger partial charge is 0.322 e. The molecule has 26 heavy (non-hydrogen) atoms. The molecule has 0 saturated heterocycles. The maximum Gasteiger partial charge on any atom is 0.341 e. The summed E-state index contributed by atoms with van der Waals surface area (Å²) in [6.07, 6.45) is 3.41. The number of benzene rings is 2. The summed E-state index contributed by atoms with van der Waals surface area (Å²) >= 11 is 0. The van der Waals surface area contributed by atoms with E-state index in [9.17, 15) is 22.0 Å². The Morgan fingerprint density at radius 2 is 1.69 bits per heavy atom. The molecule has 9 heteroatoms. The van der Waals surface area contributed by atoms with Gasteiger partial charge in [0.05, 0.1) is 10.6 Å². The Morgan fingerprint density at radius 3 is 2.23 bits per heavy atom. The summed E-state index contributed by atoms with van der Waals surface area (Å²) in [4.78, 5) is 11.7. The second-order valence-corrected chi connectivity index (χ2v) is 7.20. The van der Waals surface area contributed by atoms with Gasteiger partial charge in [-0.2, -0.15) is 13.9 Å². The first-order valence-corrected chi connectivity index (χ1v) is 8.96. The van der Waals surface area contributed by atoms with Gasteiger partial charge in [0, 0.05) is 23.6 Å². The Bertz CT molecular complexity index is 1000. The average molecular weight is 377 g/mol. The van der Waals surface area contributed by atoms with E-state index in [-0.39, 0.29) is 0 Å². The molecule has 0 fully saturated rings. The third kappa shape index (κ3) is 3.62. The van der Waals surface area contributed by atoms with Gasteiger partial charge in [-0.1, -0.05) is 0 Å². The highest BCUT2D eigenvalue weighted by Gasteiger charge is 2.26. The predicted octanol–water partition coefficient (Wildman–Crippen LogP) is 3.12. The number of aromatic nitrogens is 2. The van der Waals surface area contributed by atoms with Crippen molar-refractivity contribution in [3.63, 3.8) is 0 Å². The van der Waals surface area contributed by atoms with E-state index in [0.717, 1.165) is 17.8 Å². The monoisotopic (exact) mass is 377 g/mol. The minimum Gasteiger partial charge on any atom is -0.322 e. The summed E-state index contributed by atoms with van der Waals surface area (Å²) < 4.78 is 49.4. The first kappa shape index (κ1) is 17.7. The highest BCUT2D eigenvalue weighted by Crippen LogP contribution is 2.20. The van der Waals surface area contributed by atoms with E-state index in [2.05, 4.69) is 10.4 Å². The Kier molecular flexibility index (Phi) is 4.81. The van der Waals surface area contributed by atoms with Crippen LogP contribution in [0.1, 0.15) is 10.4 Å². The molecule has 134 valence electrons. The summed E-state index contributed by atoms with van der Waals surface area (Å²) in [6, 6.07) is 13.0. The summed E-state index contributed by atoms with van der Waals surface area (Å²) in [6.45, 7) is 0. The molecule has 1 aromatic heterocycles. The van der Waals surface area contributed by atoms with Gasteiger partial charge in [0.25, 0.3) is 5.91 Å². The molecule has 1 heterocycles. The van der Waals surface area contributed by atoms with Crippen LogP contribution in [0.4, 0.5) is 14.5 Å². The maximum absolute atomic E-state index is 12.5. The zero-order chi connectivity index (χ0) is 18.7. The molecule has 0 saturated carbocycles. The highest BCUT2D eigenvalue weighted by atomic mass is 32.2. The molecule has 3 aromatic rings. The van der Waals surface area contributed by atoms with Gasteiger partial charge in [0.2, 0.25) is 9.84 Å². The van der Waals surface area contributed by atoms with Gasteiger partial charge >= 0.3 is 5.76 Å². The lowest BCUT2D eigenvalue weighted by Crippen LogP contribution is -2.13. The number of amides is 1. The summed E-state index contributed by atoms with van der Waals surface area (Å²) in [5.74, 6) is -3.90. The molecule has 2 aromatic carbocycles. The van der Waals surface area contributed by atoms with E-state index in [1.807, 2.05) is 0 Å². The fourth-order valence-electron chi connectivity index (χ4n) is 2.22. The van der Waals surface area contributed by atoms with Crippen LogP contribution < -0.4 is 5.32 Å². The van der Waals surface area contributed by atoms with E-state index in [4.69, 9.17) is 0 Å². The Morgan fingerprint density at radius 1 is 1.04 bits per heavy atom. The third-order valence-corrected chi connectivity index (χ3v) is 4.97. The van der Waals surface area contributed by atoms with Crippen LogP contribution in [0.5, 0.6) is 0 Å². The van der Waals surface area contributed by atoms with Gasteiger partial charge in [0.1, 0.15) is 0 Å². The van der Waals surface area contributed by atoms with Crippen molar-refractivity contribution in [2.24, 2.45) is 0 Å². The Balaban J connectivity index is 1.72. The van der Waals surface area contributed by atoms with Crippen LogP contribution in [0.2, 0.25) is 0 Å². The van der Waals surface area contributed by atoms with Crippen molar-refractivity contribution in [2.45, 2.75) is 10.7 Å². The Hall–Kier alpha value is -3.07. The van der Waals surface area contributed by atoms with Crippen LogP contribution in [-0.4, -0.2) is 29.9 Å². The first-order valence-electron chi connectivity index (χ1n) is 7.41. The number of alkyl halides is 2. The molecular formula is C17H13F2N3O3S. The molecule has 1 N–H and O–H groups in total. The van der Waals surface area contributed by atoms with Crippen LogP contribution >= 0.6 is 0 Å². The van der Waals surface area contributed by atoms with Crippen LogP contribution in [0.25, 0.3) is 5.69 Å². The molecule has 0 aliphatic rings. The predicted molar refractivity (Wildman–Crippen MR) is 91.1 cm³/mol. The highest BCUT2D eigenvalue weighted by molar-refractivity contribution is 7.91. The summed E-state index contributed by atoms with van der Waals surface area (Å²) in [5.41, 5.74) is 1.46. The zero-order valence-electron chi connectivity index (χ0n) is 13.2. The van der Waals surface area contributed by atoms with E-state index in [1.54, 1.807) is 47.4 Å². The molecule has 0 bridgehead atoms. The third-order valence-electron chi connectivity index (χ3n) is 3.57. The fraction of sp³-hybridized carbons (Fsp3) is 0.0588. The number of hydrogen-bond donors (Lipinski definition) is 1. The number of nitrogens with one attached hydrogen (secondary N) is 1. The molecule has 0 atom stereocenters. The summed E-state index contributed by atoms with van der Waals surface area (Å²) in [7, 11) is -4.65. The van der Waals surface area contributed by atoms with Gasteiger partial charge in [0.15, 0.2) is 0 Å². The number of hydrogen-bond acceptors (Lipinski definition) is 4. The second-order valence-electron chi connectivity index (χ2n) is 5.28. The minimum absolute atomic E-state index is 0.291. The number of halogens is 2. The minimum atomic E-state index is -4.65. The van der Waals surface area contributed by atoms with Crippen LogP contribution in [0.15, 0.2) is 71.9 Å². The lowest BCUT2D eigenvalue weighted by Gasteiger charge is -2.08. The van der Waals surface area contributed by atoms with E-state index >= 15 is 0 Å². The quantitative estimate of drug-likeness (QED) is 0.741. The molecule has 0 unspecified atom stereocenters. The Labute approximate surface area is 148 Å². The molecule has 3 rings (SSSR count). The van der Waals surface area contributed by atoms with Gasteiger partial charge in [-0.05, 0) is 54.6 Å². The number of nitrogens with zero attached hydrogens (tertiary/aromatic N) is 2. The largest absolute Gasteiger partial charge is 0.341 e. The number of rotatable bonds is 5. The SMILES string of the molecule is O=C(Nc1ccc(S(=O)(=O)C(F)F)cc1)c1ccc(-n2cccn2)cc1. The lowest BCUT2D eigenvalue weighted by atomic mass is 10.2. The van der Waals surface area contributed by atoms with Crippen molar-refractivity contribution in [2.75, 3.05) is 5.32 Å². The van der Waals surface area contributed by atoms with E-state index in [1.165, 1.54) is 12.1 Å². The molecule has 0 spiro atoms. The lowest BCUT2D eigenvalue weighted by molar-refractivity contribution is 0.102. The normalized spacial score (nSPS) is 11.5. The fourth-order valence-corrected chi connectivity index (χ4v) is 2.94. The molecule has 0 aliphatic carbocycles. The number of carbonyl (C=O) groups excluding carboxylic acids is 1. The van der Waals surface area contributed by atoms with Gasteiger partial charge < -0.3 is 5.32 Å². The van der Waals surface area contributed by atoms with Crippen molar-refractivity contribution in [1.29, 1.82) is 0 Å². The molecule has 0 aliphatic heterocycles. The van der Waals surface area contributed by atoms with Crippen molar-refractivity contribution < 1.29 is 22.0 Å². The van der Waals surface area contributed by atoms with E-state index in [0.29, 0.717) is 11.3 Å². The molecular weight excluding hydrogens is 364 g/mol. The van der Waals surface area contributed by atoms with Crippen LogP contribution in [0.3, 0.4) is 0 Å². The van der Waals surface area contributed by atoms with Crippen molar-refractivity contribution in [3.8, 4) is 5.69 Å². The number of sulfone groups is 1. The number of anilines is 1. The maximum atomic E-state index is 12.5. The summed E-state index contributed by atoms with van der Waals surface area (Å²) in [5, 5.41) is 6.66. The van der Waals surface area contributed by atoms with Crippen LogP contribution in [0, 0.1) is 0 Å². The van der Waals surface area contributed by atoms with Gasteiger partial charge in [-0.25, -0.2) is 13.1 Å².